The highest BCUT2D eigenvalue weighted by atomic mass is 16.6. The van der Waals surface area contributed by atoms with Crippen molar-refractivity contribution in [1.82, 2.24) is 9.88 Å². The van der Waals surface area contributed by atoms with Gasteiger partial charge in [0.2, 0.25) is 0 Å². The number of anilines is 1. The molecular formula is C25H18N4O4. The molecule has 1 fully saturated rings. The van der Waals surface area contributed by atoms with Crippen molar-refractivity contribution < 1.29 is 14.5 Å². The lowest BCUT2D eigenvalue weighted by atomic mass is 10.1. The van der Waals surface area contributed by atoms with Crippen LogP contribution >= 0.6 is 0 Å². The molecule has 4 aromatic rings. The number of carbonyl (C=O) groups is 2. The molecule has 0 aliphatic carbocycles. The van der Waals surface area contributed by atoms with Crippen LogP contribution in [0.15, 0.2) is 90.8 Å². The Morgan fingerprint density at radius 3 is 2.48 bits per heavy atom. The summed E-state index contributed by atoms with van der Waals surface area (Å²) in [6, 6.07) is 22.4. The molecule has 8 heteroatoms. The number of hydrogen-bond acceptors (Lipinski definition) is 4. The monoisotopic (exact) mass is 438 g/mol. The quantitative estimate of drug-likeness (QED) is 0.211. The zero-order valence-electron chi connectivity index (χ0n) is 17.3. The van der Waals surface area contributed by atoms with Gasteiger partial charge in [-0.05, 0) is 29.8 Å². The summed E-state index contributed by atoms with van der Waals surface area (Å²) >= 11 is 0. The highest BCUT2D eigenvalue weighted by molar-refractivity contribution is 6.28. The molecule has 162 valence electrons. The Morgan fingerprint density at radius 1 is 0.939 bits per heavy atom. The van der Waals surface area contributed by atoms with Gasteiger partial charge in [-0.25, -0.2) is 9.69 Å². The molecule has 0 bridgehead atoms. The largest absolute Gasteiger partial charge is 0.342 e. The summed E-state index contributed by atoms with van der Waals surface area (Å²) < 4.78 is 1.97. The first-order valence-electron chi connectivity index (χ1n) is 10.2. The van der Waals surface area contributed by atoms with Crippen molar-refractivity contribution in [3.05, 3.63) is 112 Å². The molecule has 1 aliphatic heterocycles. The maximum atomic E-state index is 13.0. The molecule has 0 spiro atoms. The first-order chi connectivity index (χ1) is 16.0. The Bertz CT molecular complexity index is 1440. The molecule has 33 heavy (non-hydrogen) atoms. The molecule has 3 amide bonds. The third-order valence-electron chi connectivity index (χ3n) is 5.49. The predicted octanol–water partition coefficient (Wildman–Crippen LogP) is 4.70. The van der Waals surface area contributed by atoms with Gasteiger partial charge in [0.1, 0.15) is 5.70 Å². The Balaban J connectivity index is 1.52. The minimum absolute atomic E-state index is 0.0339. The number of urea groups is 1. The molecule has 5 rings (SSSR count). The molecule has 0 saturated carbocycles. The van der Waals surface area contributed by atoms with Crippen LogP contribution in [0.25, 0.3) is 17.0 Å². The van der Waals surface area contributed by atoms with Crippen molar-refractivity contribution >= 4 is 40.3 Å². The number of amides is 3. The lowest BCUT2D eigenvalue weighted by molar-refractivity contribution is -0.384. The van der Waals surface area contributed by atoms with Crippen molar-refractivity contribution in [2.24, 2.45) is 0 Å². The van der Waals surface area contributed by atoms with E-state index in [0.717, 1.165) is 26.9 Å². The third kappa shape index (κ3) is 3.74. The van der Waals surface area contributed by atoms with Crippen molar-refractivity contribution in [2.75, 3.05) is 4.90 Å². The molecular weight excluding hydrogens is 420 g/mol. The molecule has 0 radical (unpaired) electrons. The molecule has 0 atom stereocenters. The van der Waals surface area contributed by atoms with Crippen LogP contribution < -0.4 is 10.2 Å². The smallest absolute Gasteiger partial charge is 0.333 e. The minimum atomic E-state index is -0.502. The summed E-state index contributed by atoms with van der Waals surface area (Å²) in [5.41, 5.74) is 3.16. The van der Waals surface area contributed by atoms with Gasteiger partial charge >= 0.3 is 6.03 Å². The Labute approximate surface area is 188 Å². The topological polar surface area (TPSA) is 97.5 Å². The normalized spacial score (nSPS) is 14.8. The Morgan fingerprint density at radius 2 is 1.70 bits per heavy atom. The molecule has 1 N–H and O–H groups in total. The number of fused-ring (bicyclic) bond motifs is 1. The van der Waals surface area contributed by atoms with Crippen LogP contribution in [0.1, 0.15) is 11.1 Å². The maximum Gasteiger partial charge on any atom is 0.333 e. The van der Waals surface area contributed by atoms with Crippen LogP contribution in [0.3, 0.4) is 0 Å². The number of nitrogens with one attached hydrogen (secondary N) is 1. The molecule has 3 aromatic carbocycles. The van der Waals surface area contributed by atoms with Gasteiger partial charge in [-0.1, -0.05) is 48.5 Å². The summed E-state index contributed by atoms with van der Waals surface area (Å²) in [6.07, 6.45) is 3.54. The van der Waals surface area contributed by atoms with Crippen LogP contribution in [0.5, 0.6) is 0 Å². The lowest BCUT2D eigenvalue weighted by Gasteiger charge is -2.10. The van der Waals surface area contributed by atoms with Gasteiger partial charge in [0, 0.05) is 41.3 Å². The van der Waals surface area contributed by atoms with Crippen LogP contribution in [0.4, 0.5) is 16.2 Å². The Kier molecular flexibility index (Phi) is 4.95. The lowest BCUT2D eigenvalue weighted by Crippen LogP contribution is -2.30. The number of benzene rings is 3. The summed E-state index contributed by atoms with van der Waals surface area (Å²) in [4.78, 5) is 37.2. The fourth-order valence-corrected chi connectivity index (χ4v) is 3.99. The number of nitro groups is 1. The van der Waals surface area contributed by atoms with Gasteiger partial charge in [-0.2, -0.15) is 0 Å². The van der Waals surface area contributed by atoms with E-state index >= 15 is 0 Å². The predicted molar refractivity (Wildman–Crippen MR) is 125 cm³/mol. The summed E-state index contributed by atoms with van der Waals surface area (Å²) in [5, 5.41) is 14.7. The first kappa shape index (κ1) is 20.2. The van der Waals surface area contributed by atoms with Gasteiger partial charge in [-0.3, -0.25) is 14.9 Å². The second kappa shape index (κ2) is 8.08. The van der Waals surface area contributed by atoms with Crippen molar-refractivity contribution in [2.45, 2.75) is 6.54 Å². The van der Waals surface area contributed by atoms with E-state index in [4.69, 9.17) is 0 Å². The van der Waals surface area contributed by atoms with E-state index < -0.39 is 16.9 Å². The SMILES string of the molecule is O=C1NC(=Cc2cn(Cc3cccc([N+](=O)[O-])c3)c3ccccc23)C(=O)N1c1ccccc1. The van der Waals surface area contributed by atoms with E-state index in [0.29, 0.717) is 12.2 Å². The van der Waals surface area contributed by atoms with E-state index in [9.17, 15) is 19.7 Å². The number of para-hydroxylation sites is 2. The molecule has 8 nitrogen and oxygen atoms in total. The van der Waals surface area contributed by atoms with Crippen molar-refractivity contribution in [3.8, 4) is 0 Å². The zero-order valence-corrected chi connectivity index (χ0v) is 17.3. The van der Waals surface area contributed by atoms with Crippen LogP contribution in [-0.4, -0.2) is 21.4 Å². The Hall–Kier alpha value is -4.72. The fraction of sp³-hybridized carbons (Fsp3) is 0.0400. The van der Waals surface area contributed by atoms with Gasteiger partial charge < -0.3 is 9.88 Å². The number of nitro benzene ring substituents is 1. The van der Waals surface area contributed by atoms with Gasteiger partial charge in [-0.15, -0.1) is 0 Å². The maximum absolute atomic E-state index is 13.0. The van der Waals surface area contributed by atoms with Gasteiger partial charge in [0.05, 0.1) is 10.6 Å². The van der Waals surface area contributed by atoms with Crippen LogP contribution in [-0.2, 0) is 11.3 Å². The third-order valence-corrected chi connectivity index (χ3v) is 5.49. The number of nitrogens with zero attached hydrogens (tertiary/aromatic N) is 3. The second-order valence-corrected chi connectivity index (χ2v) is 7.62. The molecule has 2 heterocycles. The second-order valence-electron chi connectivity index (χ2n) is 7.62. The number of carbonyl (C=O) groups excluding carboxylic acids is 2. The zero-order chi connectivity index (χ0) is 22.9. The average Bonchev–Trinajstić information content (AvgIpc) is 3.31. The van der Waals surface area contributed by atoms with E-state index in [1.165, 1.54) is 6.07 Å². The van der Waals surface area contributed by atoms with Crippen molar-refractivity contribution in [3.63, 3.8) is 0 Å². The molecule has 1 saturated heterocycles. The number of rotatable bonds is 5. The molecule has 1 aliphatic rings. The molecule has 0 unspecified atom stereocenters. The van der Waals surface area contributed by atoms with Crippen LogP contribution in [0, 0.1) is 10.1 Å². The van der Waals surface area contributed by atoms with E-state index in [2.05, 4.69) is 5.32 Å². The van der Waals surface area contributed by atoms with E-state index in [-0.39, 0.29) is 11.4 Å². The molecule has 1 aromatic heterocycles. The van der Waals surface area contributed by atoms with Crippen LogP contribution in [0.2, 0.25) is 0 Å². The van der Waals surface area contributed by atoms with E-state index in [1.54, 1.807) is 42.5 Å². The minimum Gasteiger partial charge on any atom is -0.342 e. The van der Waals surface area contributed by atoms with Gasteiger partial charge in [0.25, 0.3) is 11.6 Å². The van der Waals surface area contributed by atoms with Gasteiger partial charge in [0.15, 0.2) is 0 Å². The number of imide groups is 1. The summed E-state index contributed by atoms with van der Waals surface area (Å²) in [7, 11) is 0. The number of aromatic nitrogens is 1. The number of non-ortho nitro benzene ring substituents is 1. The number of hydrogen-bond donors (Lipinski definition) is 1. The standard InChI is InChI=1S/C25H18N4O4/c30-24-22(26-25(31)28(24)19-8-2-1-3-9-19)14-18-16-27(23-12-5-4-11-21(18)23)15-17-7-6-10-20(13-17)29(32)33/h1-14,16H,15H2,(H,26,31). The highest BCUT2D eigenvalue weighted by Gasteiger charge is 2.34. The fourth-order valence-electron chi connectivity index (χ4n) is 3.99. The van der Waals surface area contributed by atoms with Crippen molar-refractivity contribution in [1.29, 1.82) is 0 Å². The summed E-state index contributed by atoms with van der Waals surface area (Å²) in [6.45, 7) is 0.418. The average molecular weight is 438 g/mol. The first-order valence-corrected chi connectivity index (χ1v) is 10.2. The summed E-state index contributed by atoms with van der Waals surface area (Å²) in [5.74, 6) is -0.429. The highest BCUT2D eigenvalue weighted by Crippen LogP contribution is 2.27. The van der Waals surface area contributed by atoms with E-state index in [1.807, 2.05) is 47.2 Å².